The topological polar surface area (TPSA) is 34.9 Å². The van der Waals surface area contributed by atoms with Crippen LogP contribution in [0, 0.1) is 6.92 Å². The molecule has 0 amide bonds. The van der Waals surface area contributed by atoms with Crippen LogP contribution in [-0.2, 0) is 13.0 Å². The van der Waals surface area contributed by atoms with E-state index in [9.17, 15) is 4.79 Å². The van der Waals surface area contributed by atoms with Crippen molar-refractivity contribution < 1.29 is 0 Å². The fraction of sp³-hybridized carbons (Fsp3) is 0.429. The molecule has 0 N–H and O–H groups in total. The van der Waals surface area contributed by atoms with E-state index in [1.807, 2.05) is 29.7 Å². The largest absolute Gasteiger partial charge is 0.296 e. The molecule has 1 aromatic heterocycles. The number of fused-ring (bicyclic) bond motifs is 2. The molecule has 0 atom stereocenters. The van der Waals surface area contributed by atoms with Crippen LogP contribution < -0.4 is 5.56 Å². The van der Waals surface area contributed by atoms with E-state index in [1.54, 1.807) is 0 Å². The minimum Gasteiger partial charge on any atom is -0.296 e. The Labute approximate surface area is 100 Å². The second kappa shape index (κ2) is 3.99. The van der Waals surface area contributed by atoms with E-state index >= 15 is 0 Å². The Morgan fingerprint density at radius 3 is 3.00 bits per heavy atom. The van der Waals surface area contributed by atoms with Crippen LogP contribution in [0.3, 0.4) is 0 Å². The van der Waals surface area contributed by atoms with Crippen LogP contribution >= 0.6 is 0 Å². The zero-order chi connectivity index (χ0) is 11.8. The normalized spacial score (nSPS) is 15.6. The molecule has 0 radical (unpaired) electrons. The number of nitrogens with zero attached hydrogens (tertiary/aromatic N) is 2. The summed E-state index contributed by atoms with van der Waals surface area (Å²) >= 11 is 0. The molecule has 0 unspecified atom stereocenters. The highest BCUT2D eigenvalue weighted by atomic mass is 16.1. The first-order valence-electron chi connectivity index (χ1n) is 6.26. The average Bonchev–Trinajstić information content (AvgIpc) is 2.54. The maximum atomic E-state index is 12.5. The highest BCUT2D eigenvalue weighted by Gasteiger charge is 2.14. The molecule has 0 saturated carbocycles. The van der Waals surface area contributed by atoms with Gasteiger partial charge in [-0.3, -0.25) is 9.36 Å². The summed E-state index contributed by atoms with van der Waals surface area (Å²) in [5.74, 6) is 0.964. The quantitative estimate of drug-likeness (QED) is 0.694. The molecule has 0 aliphatic carbocycles. The van der Waals surface area contributed by atoms with Gasteiger partial charge >= 0.3 is 0 Å². The Morgan fingerprint density at radius 2 is 2.12 bits per heavy atom. The SMILES string of the molecule is Cc1cccc2nc3n(c(=O)c12)CCCCC3. The van der Waals surface area contributed by atoms with Crippen LogP contribution in [0.15, 0.2) is 23.0 Å². The van der Waals surface area contributed by atoms with E-state index in [1.165, 1.54) is 6.42 Å². The second-order valence-corrected chi connectivity index (χ2v) is 4.76. The van der Waals surface area contributed by atoms with Gasteiger partial charge in [-0.2, -0.15) is 0 Å². The van der Waals surface area contributed by atoms with Crippen LogP contribution in [0.25, 0.3) is 10.9 Å². The molecule has 0 bridgehead atoms. The summed E-state index contributed by atoms with van der Waals surface area (Å²) in [6.45, 7) is 2.81. The summed E-state index contributed by atoms with van der Waals surface area (Å²) in [6, 6.07) is 5.89. The second-order valence-electron chi connectivity index (χ2n) is 4.76. The monoisotopic (exact) mass is 228 g/mol. The van der Waals surface area contributed by atoms with Gasteiger partial charge in [0, 0.05) is 13.0 Å². The predicted octanol–water partition coefficient (Wildman–Crippen LogP) is 2.43. The van der Waals surface area contributed by atoms with Gasteiger partial charge in [-0.05, 0) is 31.4 Å². The number of hydrogen-bond acceptors (Lipinski definition) is 2. The third-order valence-electron chi connectivity index (χ3n) is 3.55. The molecule has 1 aromatic carbocycles. The van der Waals surface area contributed by atoms with Crippen LogP contribution in [-0.4, -0.2) is 9.55 Å². The Morgan fingerprint density at radius 1 is 1.24 bits per heavy atom. The molecule has 0 saturated heterocycles. The van der Waals surface area contributed by atoms with Crippen molar-refractivity contribution in [3.05, 3.63) is 39.9 Å². The molecule has 3 nitrogen and oxygen atoms in total. The average molecular weight is 228 g/mol. The van der Waals surface area contributed by atoms with Crippen molar-refractivity contribution in [3.63, 3.8) is 0 Å². The first kappa shape index (κ1) is 10.5. The molecule has 2 aromatic rings. The number of rotatable bonds is 0. The Kier molecular flexibility index (Phi) is 2.46. The molecule has 88 valence electrons. The van der Waals surface area contributed by atoms with Crippen molar-refractivity contribution in [1.82, 2.24) is 9.55 Å². The van der Waals surface area contributed by atoms with Crippen LogP contribution in [0.5, 0.6) is 0 Å². The third kappa shape index (κ3) is 1.66. The van der Waals surface area contributed by atoms with Crippen LogP contribution in [0.1, 0.15) is 30.7 Å². The van der Waals surface area contributed by atoms with Crippen molar-refractivity contribution in [3.8, 4) is 0 Å². The summed E-state index contributed by atoms with van der Waals surface area (Å²) in [7, 11) is 0. The molecular weight excluding hydrogens is 212 g/mol. The number of aromatic nitrogens is 2. The summed E-state index contributed by atoms with van der Waals surface area (Å²) in [5.41, 5.74) is 2.02. The van der Waals surface area contributed by atoms with E-state index < -0.39 is 0 Å². The molecule has 3 heteroatoms. The molecule has 0 spiro atoms. The lowest BCUT2D eigenvalue weighted by Crippen LogP contribution is -2.25. The Bertz CT molecular complexity index is 628. The summed E-state index contributed by atoms with van der Waals surface area (Å²) in [5, 5.41) is 0.790. The van der Waals surface area contributed by atoms with Crippen molar-refractivity contribution in [2.24, 2.45) is 0 Å². The van der Waals surface area contributed by atoms with Crippen LogP contribution in [0.4, 0.5) is 0 Å². The molecule has 1 aliphatic heterocycles. The highest BCUT2D eigenvalue weighted by molar-refractivity contribution is 5.81. The molecular formula is C14H16N2O. The lowest BCUT2D eigenvalue weighted by molar-refractivity contribution is 0.614. The van der Waals surface area contributed by atoms with Gasteiger partial charge in [0.1, 0.15) is 5.82 Å². The summed E-state index contributed by atoms with van der Waals surface area (Å²) < 4.78 is 1.88. The van der Waals surface area contributed by atoms with Gasteiger partial charge in [-0.25, -0.2) is 4.98 Å². The highest BCUT2D eigenvalue weighted by Crippen LogP contribution is 2.16. The molecule has 3 rings (SSSR count). The smallest absolute Gasteiger partial charge is 0.261 e. The molecule has 0 fully saturated rings. The van der Waals surface area contributed by atoms with Crippen molar-refractivity contribution in [1.29, 1.82) is 0 Å². The van der Waals surface area contributed by atoms with Crippen LogP contribution in [0.2, 0.25) is 0 Å². The maximum absolute atomic E-state index is 12.5. The third-order valence-corrected chi connectivity index (χ3v) is 3.55. The van der Waals surface area contributed by atoms with Crippen molar-refractivity contribution >= 4 is 10.9 Å². The predicted molar refractivity (Wildman–Crippen MR) is 68.3 cm³/mol. The summed E-state index contributed by atoms with van der Waals surface area (Å²) in [4.78, 5) is 17.1. The van der Waals surface area contributed by atoms with E-state index in [0.29, 0.717) is 0 Å². The van der Waals surface area contributed by atoms with Gasteiger partial charge in [-0.15, -0.1) is 0 Å². The van der Waals surface area contributed by atoms with E-state index in [4.69, 9.17) is 0 Å². The lowest BCUT2D eigenvalue weighted by atomic mass is 10.1. The van der Waals surface area contributed by atoms with Crippen molar-refractivity contribution in [2.45, 2.75) is 39.2 Å². The minimum atomic E-state index is 0.144. The molecule has 2 heterocycles. The fourth-order valence-corrected chi connectivity index (χ4v) is 2.63. The van der Waals surface area contributed by atoms with E-state index in [2.05, 4.69) is 4.98 Å². The first-order chi connectivity index (χ1) is 8.27. The number of aryl methyl sites for hydroxylation is 2. The minimum absolute atomic E-state index is 0.144. The van der Waals surface area contributed by atoms with Gasteiger partial charge in [0.05, 0.1) is 10.9 Å². The van der Waals surface area contributed by atoms with E-state index in [-0.39, 0.29) is 5.56 Å². The fourth-order valence-electron chi connectivity index (χ4n) is 2.63. The number of benzene rings is 1. The maximum Gasteiger partial charge on any atom is 0.261 e. The Hall–Kier alpha value is -1.64. The molecule has 17 heavy (non-hydrogen) atoms. The lowest BCUT2D eigenvalue weighted by Gasteiger charge is -2.10. The van der Waals surface area contributed by atoms with Gasteiger partial charge in [-0.1, -0.05) is 18.6 Å². The van der Waals surface area contributed by atoms with Crippen molar-refractivity contribution in [2.75, 3.05) is 0 Å². The van der Waals surface area contributed by atoms with E-state index in [0.717, 1.165) is 48.1 Å². The first-order valence-corrected chi connectivity index (χ1v) is 6.26. The zero-order valence-electron chi connectivity index (χ0n) is 10.1. The zero-order valence-corrected chi connectivity index (χ0v) is 10.1. The molecule has 1 aliphatic rings. The summed E-state index contributed by atoms with van der Waals surface area (Å²) in [6.07, 6.45) is 4.35. The van der Waals surface area contributed by atoms with Gasteiger partial charge in [0.15, 0.2) is 0 Å². The van der Waals surface area contributed by atoms with Gasteiger partial charge in [0.25, 0.3) is 5.56 Å². The number of hydrogen-bond donors (Lipinski definition) is 0. The standard InChI is InChI=1S/C14H16N2O/c1-10-6-5-7-11-13(10)14(17)16-9-4-2-3-8-12(16)15-11/h5-7H,2-4,8-9H2,1H3. The van der Waals surface area contributed by atoms with Gasteiger partial charge in [0.2, 0.25) is 0 Å². The Balaban J connectivity index is 2.38. The van der Waals surface area contributed by atoms with Gasteiger partial charge < -0.3 is 0 Å².